The third kappa shape index (κ3) is 2.07. The topological polar surface area (TPSA) is 26.0 Å². The minimum atomic E-state index is 0.0458. The second-order valence-corrected chi connectivity index (χ2v) is 5.38. The lowest BCUT2D eigenvalue weighted by Crippen LogP contribution is -2.38. The lowest BCUT2D eigenvalue weighted by Gasteiger charge is -2.24. The highest BCUT2D eigenvalue weighted by Crippen LogP contribution is 2.32. The van der Waals surface area contributed by atoms with Crippen LogP contribution in [0, 0.1) is 0 Å². The zero-order valence-electron chi connectivity index (χ0n) is 10.2. The van der Waals surface area contributed by atoms with E-state index in [0.717, 1.165) is 6.42 Å². The fourth-order valence-electron chi connectivity index (χ4n) is 3.08. The first-order valence-corrected chi connectivity index (χ1v) is 6.52. The van der Waals surface area contributed by atoms with E-state index in [-0.39, 0.29) is 5.54 Å². The summed E-state index contributed by atoms with van der Waals surface area (Å²) < 4.78 is 0. The average molecular weight is 225 g/mol. The maximum Gasteiger partial charge on any atom is 0.0195 e. The molecule has 0 heterocycles. The van der Waals surface area contributed by atoms with Crippen LogP contribution in [0.1, 0.15) is 31.2 Å². The van der Waals surface area contributed by atoms with Gasteiger partial charge in [0.05, 0.1) is 0 Å². The number of hydrogen-bond donors (Lipinski definition) is 1. The van der Waals surface area contributed by atoms with Crippen LogP contribution in [0.4, 0.5) is 0 Å². The van der Waals surface area contributed by atoms with Gasteiger partial charge in [-0.1, -0.05) is 55.3 Å². The Hall–Kier alpha value is -1.34. The zero-order valence-corrected chi connectivity index (χ0v) is 10.2. The van der Waals surface area contributed by atoms with Gasteiger partial charge in [-0.05, 0) is 35.6 Å². The largest absolute Gasteiger partial charge is 0.325 e. The fraction of sp³-hybridized carbons (Fsp3) is 0.375. The van der Waals surface area contributed by atoms with Gasteiger partial charge in [-0.3, -0.25) is 0 Å². The van der Waals surface area contributed by atoms with E-state index in [0.29, 0.717) is 0 Å². The van der Waals surface area contributed by atoms with E-state index in [1.165, 1.54) is 42.0 Å². The van der Waals surface area contributed by atoms with Gasteiger partial charge in [0.1, 0.15) is 0 Å². The Bertz CT molecular complexity index is 519. The van der Waals surface area contributed by atoms with Gasteiger partial charge in [-0.25, -0.2) is 0 Å². The molecule has 2 aromatic rings. The molecule has 2 aromatic carbocycles. The molecule has 0 radical (unpaired) electrons. The Labute approximate surface area is 103 Å². The molecule has 1 nitrogen and oxygen atoms in total. The molecule has 0 unspecified atom stereocenters. The van der Waals surface area contributed by atoms with E-state index in [1.54, 1.807) is 0 Å². The average Bonchev–Trinajstić information content (AvgIpc) is 2.76. The molecule has 0 amide bonds. The van der Waals surface area contributed by atoms with Gasteiger partial charge in [-0.2, -0.15) is 0 Å². The molecule has 1 saturated carbocycles. The second kappa shape index (κ2) is 4.15. The van der Waals surface area contributed by atoms with Crippen molar-refractivity contribution in [1.82, 2.24) is 0 Å². The minimum Gasteiger partial charge on any atom is -0.325 e. The Balaban J connectivity index is 2.00. The Morgan fingerprint density at radius 2 is 1.65 bits per heavy atom. The van der Waals surface area contributed by atoms with Crippen molar-refractivity contribution in [3.63, 3.8) is 0 Å². The molecule has 3 rings (SSSR count). The molecule has 0 aromatic heterocycles. The van der Waals surface area contributed by atoms with Crippen LogP contribution in [-0.4, -0.2) is 5.54 Å². The van der Waals surface area contributed by atoms with Gasteiger partial charge in [0.2, 0.25) is 0 Å². The van der Waals surface area contributed by atoms with Crippen LogP contribution >= 0.6 is 0 Å². The molecule has 1 aliphatic rings. The molecule has 0 spiro atoms. The van der Waals surface area contributed by atoms with E-state index in [9.17, 15) is 0 Å². The van der Waals surface area contributed by atoms with Crippen molar-refractivity contribution >= 4 is 10.8 Å². The van der Waals surface area contributed by atoms with Crippen molar-refractivity contribution in [3.8, 4) is 0 Å². The number of nitrogens with two attached hydrogens (primary N) is 1. The number of fused-ring (bicyclic) bond motifs is 1. The lowest BCUT2D eigenvalue weighted by atomic mass is 9.88. The molecule has 1 aliphatic carbocycles. The van der Waals surface area contributed by atoms with E-state index in [2.05, 4.69) is 42.5 Å². The van der Waals surface area contributed by atoms with Gasteiger partial charge >= 0.3 is 0 Å². The van der Waals surface area contributed by atoms with E-state index in [1.807, 2.05) is 0 Å². The van der Waals surface area contributed by atoms with Crippen LogP contribution < -0.4 is 5.73 Å². The van der Waals surface area contributed by atoms with Crippen molar-refractivity contribution in [2.45, 2.75) is 37.6 Å². The smallest absolute Gasteiger partial charge is 0.0195 e. The van der Waals surface area contributed by atoms with Crippen LogP contribution in [-0.2, 0) is 6.42 Å². The van der Waals surface area contributed by atoms with Crippen LogP contribution in [0.3, 0.4) is 0 Å². The molecule has 1 fully saturated rings. The molecule has 0 bridgehead atoms. The van der Waals surface area contributed by atoms with Crippen molar-refractivity contribution in [3.05, 3.63) is 48.0 Å². The number of benzene rings is 2. The zero-order chi connectivity index (χ0) is 11.7. The van der Waals surface area contributed by atoms with Crippen molar-refractivity contribution < 1.29 is 0 Å². The maximum absolute atomic E-state index is 6.48. The predicted octanol–water partition coefficient (Wildman–Crippen LogP) is 3.65. The summed E-state index contributed by atoms with van der Waals surface area (Å²) in [5, 5.41) is 2.69. The number of rotatable bonds is 2. The highest BCUT2D eigenvalue weighted by Gasteiger charge is 2.29. The standard InChI is InChI=1S/C16H19N/c17-16(10-3-4-11-16)12-14-8-5-7-13-6-1-2-9-15(13)14/h1-2,5-9H,3-4,10-12,17H2. The van der Waals surface area contributed by atoms with Gasteiger partial charge in [0, 0.05) is 5.54 Å². The van der Waals surface area contributed by atoms with Gasteiger partial charge in [0.25, 0.3) is 0 Å². The quantitative estimate of drug-likeness (QED) is 0.829. The van der Waals surface area contributed by atoms with E-state index < -0.39 is 0 Å². The summed E-state index contributed by atoms with van der Waals surface area (Å²) in [5.41, 5.74) is 7.94. The molecule has 0 aliphatic heterocycles. The van der Waals surface area contributed by atoms with E-state index >= 15 is 0 Å². The number of hydrogen-bond acceptors (Lipinski definition) is 1. The van der Waals surface area contributed by atoms with Gasteiger partial charge < -0.3 is 5.73 Å². The SMILES string of the molecule is NC1(Cc2cccc3ccccc23)CCCC1. The molecule has 2 N–H and O–H groups in total. The lowest BCUT2D eigenvalue weighted by molar-refractivity contribution is 0.438. The molecule has 17 heavy (non-hydrogen) atoms. The summed E-state index contributed by atoms with van der Waals surface area (Å²) in [6, 6.07) is 15.2. The Kier molecular flexibility index (Phi) is 2.64. The third-order valence-corrected chi connectivity index (χ3v) is 4.02. The first-order chi connectivity index (χ1) is 8.27. The fourth-order valence-corrected chi connectivity index (χ4v) is 3.08. The second-order valence-electron chi connectivity index (χ2n) is 5.38. The highest BCUT2D eigenvalue weighted by atomic mass is 14.7. The van der Waals surface area contributed by atoms with E-state index in [4.69, 9.17) is 5.73 Å². The van der Waals surface area contributed by atoms with Crippen molar-refractivity contribution in [2.75, 3.05) is 0 Å². The highest BCUT2D eigenvalue weighted by molar-refractivity contribution is 5.85. The van der Waals surface area contributed by atoms with Gasteiger partial charge in [-0.15, -0.1) is 0 Å². The van der Waals surface area contributed by atoms with Crippen LogP contribution in [0.5, 0.6) is 0 Å². The minimum absolute atomic E-state index is 0.0458. The predicted molar refractivity (Wildman–Crippen MR) is 73.0 cm³/mol. The molecule has 88 valence electrons. The maximum atomic E-state index is 6.48. The van der Waals surface area contributed by atoms with Crippen LogP contribution in [0.25, 0.3) is 10.8 Å². The third-order valence-electron chi connectivity index (χ3n) is 4.02. The summed E-state index contributed by atoms with van der Waals surface area (Å²) in [5.74, 6) is 0. The summed E-state index contributed by atoms with van der Waals surface area (Å²) in [6.07, 6.45) is 5.96. The Morgan fingerprint density at radius 1 is 0.941 bits per heavy atom. The molecular formula is C16H19N. The van der Waals surface area contributed by atoms with Gasteiger partial charge in [0.15, 0.2) is 0 Å². The summed E-state index contributed by atoms with van der Waals surface area (Å²) >= 11 is 0. The van der Waals surface area contributed by atoms with Crippen LogP contribution in [0.15, 0.2) is 42.5 Å². The monoisotopic (exact) mass is 225 g/mol. The van der Waals surface area contributed by atoms with Crippen LogP contribution in [0.2, 0.25) is 0 Å². The molecule has 1 heteroatoms. The van der Waals surface area contributed by atoms with Crippen molar-refractivity contribution in [2.24, 2.45) is 5.73 Å². The summed E-state index contributed by atoms with van der Waals surface area (Å²) in [4.78, 5) is 0. The Morgan fingerprint density at radius 3 is 2.47 bits per heavy atom. The molecular weight excluding hydrogens is 206 g/mol. The first kappa shape index (κ1) is 10.8. The molecule has 0 saturated heterocycles. The van der Waals surface area contributed by atoms with Crippen molar-refractivity contribution in [1.29, 1.82) is 0 Å². The first-order valence-electron chi connectivity index (χ1n) is 6.52. The summed E-state index contributed by atoms with van der Waals surface area (Å²) in [7, 11) is 0. The summed E-state index contributed by atoms with van der Waals surface area (Å²) in [6.45, 7) is 0. The molecule has 0 atom stereocenters. The normalized spacial score (nSPS) is 18.6.